The summed E-state index contributed by atoms with van der Waals surface area (Å²) < 4.78 is 41.0. The van der Waals surface area contributed by atoms with Crippen LogP contribution in [0.3, 0.4) is 0 Å². The van der Waals surface area contributed by atoms with Gasteiger partial charge in [-0.3, -0.25) is 9.59 Å². The zero-order chi connectivity index (χ0) is 37.0. The molecule has 0 unspecified atom stereocenters. The lowest BCUT2D eigenvalue weighted by molar-refractivity contribution is -0.144. The lowest BCUT2D eigenvalue weighted by atomic mass is 10.2. The van der Waals surface area contributed by atoms with Gasteiger partial charge in [-0.1, -0.05) is 13.8 Å². The summed E-state index contributed by atoms with van der Waals surface area (Å²) in [5.74, 6) is -1.14. The van der Waals surface area contributed by atoms with E-state index in [0.29, 0.717) is 44.1 Å². The fourth-order valence-corrected chi connectivity index (χ4v) is 3.99. The Balaban J connectivity index is 1.40. The molecule has 0 bridgehead atoms. The number of ether oxygens (including phenoxy) is 8. The summed E-state index contributed by atoms with van der Waals surface area (Å²) in [7, 11) is 0. The molecule has 0 radical (unpaired) electrons. The van der Waals surface area contributed by atoms with Crippen molar-refractivity contribution in [2.24, 2.45) is 0 Å². The second-order valence-electron chi connectivity index (χ2n) is 10.7. The topological polar surface area (TPSA) is 176 Å². The van der Waals surface area contributed by atoms with E-state index in [9.17, 15) is 28.8 Å². The van der Waals surface area contributed by atoms with Crippen molar-refractivity contribution in [1.29, 1.82) is 0 Å². The largest absolute Gasteiger partial charge is 0.513 e. The van der Waals surface area contributed by atoms with Crippen LogP contribution in [0.5, 0.6) is 23.0 Å². The third-order valence-electron chi connectivity index (χ3n) is 6.76. The van der Waals surface area contributed by atoms with E-state index >= 15 is 0 Å². The molecule has 0 N–H and O–H groups in total. The van der Waals surface area contributed by atoms with Crippen molar-refractivity contribution in [3.8, 4) is 23.0 Å². The van der Waals surface area contributed by atoms with Gasteiger partial charge in [-0.15, -0.1) is 0 Å². The highest BCUT2D eigenvalue weighted by Crippen LogP contribution is 2.26. The van der Waals surface area contributed by atoms with Crippen molar-refractivity contribution in [2.45, 2.75) is 59.3 Å². The van der Waals surface area contributed by atoms with Gasteiger partial charge < -0.3 is 37.9 Å². The van der Waals surface area contributed by atoms with Crippen LogP contribution in [0.1, 0.15) is 78.7 Å². The maximum absolute atomic E-state index is 12.7. The number of esters is 4. The van der Waals surface area contributed by atoms with Gasteiger partial charge in [-0.25, -0.2) is 19.2 Å². The van der Waals surface area contributed by atoms with Crippen molar-refractivity contribution in [1.82, 2.24) is 0 Å². The highest BCUT2D eigenvalue weighted by atomic mass is 16.7. The molecule has 0 aliphatic carbocycles. The van der Waals surface area contributed by atoms with E-state index in [0.717, 1.165) is 0 Å². The molecule has 14 nitrogen and oxygen atoms in total. The standard InChI is InChI=1S/C37H40O14/c1-4-32(38)44-20-6-8-22-46-36(42)49-28-14-10-26(11-15-28)34(40)48-30-18-19-31(25(3)24-30)51-35(41)27-12-16-29(17-13-27)50-37(43)47-23-9-7-21-45-33(39)5-2/h10-19,24H,4-9,20-23H2,1-3H3. The molecular weight excluding hydrogens is 668 g/mol. The summed E-state index contributed by atoms with van der Waals surface area (Å²) in [5, 5.41) is 0. The summed E-state index contributed by atoms with van der Waals surface area (Å²) >= 11 is 0. The molecule has 0 fully saturated rings. The Labute approximate surface area is 294 Å². The van der Waals surface area contributed by atoms with E-state index in [1.807, 2.05) is 0 Å². The Morgan fingerprint density at radius 2 is 0.863 bits per heavy atom. The molecule has 0 atom stereocenters. The van der Waals surface area contributed by atoms with Crippen LogP contribution in [0.15, 0.2) is 66.7 Å². The number of aryl methyl sites for hydroxylation is 1. The molecule has 3 rings (SSSR count). The quantitative estimate of drug-likeness (QED) is 0.0437. The predicted molar refractivity (Wildman–Crippen MR) is 179 cm³/mol. The molecular formula is C37H40O14. The molecule has 0 saturated heterocycles. The van der Waals surface area contributed by atoms with E-state index in [-0.39, 0.29) is 72.5 Å². The fourth-order valence-electron chi connectivity index (χ4n) is 3.99. The minimum Gasteiger partial charge on any atom is -0.466 e. The first-order valence-corrected chi connectivity index (χ1v) is 16.3. The van der Waals surface area contributed by atoms with Crippen molar-refractivity contribution in [2.75, 3.05) is 26.4 Å². The SMILES string of the molecule is CCC(=O)OCCCCOC(=O)Oc1ccc(C(=O)Oc2ccc(OC(=O)c3ccc(OC(=O)OCCCCOC(=O)CC)cc3)c(C)c2)cc1. The second kappa shape index (κ2) is 21.2. The maximum atomic E-state index is 12.7. The van der Waals surface area contributed by atoms with Crippen molar-refractivity contribution in [3.05, 3.63) is 83.4 Å². The van der Waals surface area contributed by atoms with Crippen LogP contribution in [0, 0.1) is 6.92 Å². The van der Waals surface area contributed by atoms with Crippen molar-refractivity contribution >= 4 is 36.2 Å². The molecule has 0 aliphatic heterocycles. The van der Waals surface area contributed by atoms with Crippen LogP contribution in [-0.2, 0) is 28.5 Å². The zero-order valence-corrected chi connectivity index (χ0v) is 28.6. The van der Waals surface area contributed by atoms with Crippen LogP contribution in [0.4, 0.5) is 9.59 Å². The van der Waals surface area contributed by atoms with Gasteiger partial charge in [-0.2, -0.15) is 0 Å². The number of carbonyl (C=O) groups is 6. The van der Waals surface area contributed by atoms with Crippen LogP contribution in [0.25, 0.3) is 0 Å². The molecule has 0 amide bonds. The lowest BCUT2D eigenvalue weighted by Gasteiger charge is -2.11. The summed E-state index contributed by atoms with van der Waals surface area (Å²) in [6, 6.07) is 15.8. The van der Waals surface area contributed by atoms with Crippen LogP contribution in [0.2, 0.25) is 0 Å². The molecule has 0 heterocycles. The molecule has 0 aromatic heterocycles. The number of carbonyl (C=O) groups excluding carboxylic acids is 6. The number of rotatable bonds is 18. The predicted octanol–water partition coefficient (Wildman–Crippen LogP) is 6.93. The third kappa shape index (κ3) is 14.6. The minimum absolute atomic E-state index is 0.0939. The Morgan fingerprint density at radius 1 is 0.471 bits per heavy atom. The lowest BCUT2D eigenvalue weighted by Crippen LogP contribution is -2.13. The average Bonchev–Trinajstić information content (AvgIpc) is 3.12. The number of benzene rings is 3. The van der Waals surface area contributed by atoms with Crippen molar-refractivity contribution in [3.63, 3.8) is 0 Å². The van der Waals surface area contributed by atoms with Gasteiger partial charge in [0.1, 0.15) is 23.0 Å². The highest BCUT2D eigenvalue weighted by Gasteiger charge is 2.15. The minimum atomic E-state index is -0.909. The van der Waals surface area contributed by atoms with E-state index in [4.69, 9.17) is 37.9 Å². The van der Waals surface area contributed by atoms with Gasteiger partial charge in [0, 0.05) is 12.8 Å². The Morgan fingerprint density at radius 3 is 1.27 bits per heavy atom. The summed E-state index contributed by atoms with van der Waals surface area (Å²) in [4.78, 5) is 71.4. The normalized spacial score (nSPS) is 10.3. The molecule has 0 spiro atoms. The second-order valence-corrected chi connectivity index (χ2v) is 10.7. The molecule has 0 saturated carbocycles. The van der Waals surface area contributed by atoms with E-state index in [2.05, 4.69) is 0 Å². The molecule has 0 aliphatic rings. The summed E-state index contributed by atoms with van der Waals surface area (Å²) in [6.07, 6.45) is 0.862. The Kier molecular flexibility index (Phi) is 16.4. The Hall–Kier alpha value is -5.92. The average molecular weight is 709 g/mol. The van der Waals surface area contributed by atoms with Crippen LogP contribution >= 0.6 is 0 Å². The third-order valence-corrected chi connectivity index (χ3v) is 6.76. The number of hydrogen-bond acceptors (Lipinski definition) is 14. The molecule has 272 valence electrons. The van der Waals surface area contributed by atoms with Crippen LogP contribution < -0.4 is 18.9 Å². The Bertz CT molecular complexity index is 1630. The highest BCUT2D eigenvalue weighted by molar-refractivity contribution is 5.92. The molecule has 14 heteroatoms. The van der Waals surface area contributed by atoms with Crippen molar-refractivity contribution < 1.29 is 66.7 Å². The summed E-state index contributed by atoms with van der Waals surface area (Å²) in [6.45, 7) is 5.77. The molecule has 3 aromatic rings. The van der Waals surface area contributed by atoms with E-state index in [1.165, 1.54) is 66.7 Å². The monoisotopic (exact) mass is 708 g/mol. The maximum Gasteiger partial charge on any atom is 0.513 e. The first-order valence-electron chi connectivity index (χ1n) is 16.3. The first kappa shape index (κ1) is 39.5. The van der Waals surface area contributed by atoms with Gasteiger partial charge >= 0.3 is 36.2 Å². The van der Waals surface area contributed by atoms with Crippen LogP contribution in [-0.4, -0.2) is 62.6 Å². The molecule has 3 aromatic carbocycles. The van der Waals surface area contributed by atoms with E-state index in [1.54, 1.807) is 20.8 Å². The van der Waals surface area contributed by atoms with Gasteiger partial charge in [0.05, 0.1) is 37.6 Å². The van der Waals surface area contributed by atoms with Gasteiger partial charge in [-0.05, 0) is 105 Å². The number of hydrogen-bond donors (Lipinski definition) is 0. The first-order chi connectivity index (χ1) is 24.6. The fraction of sp³-hybridized carbons (Fsp3) is 0.351. The molecule has 51 heavy (non-hydrogen) atoms. The van der Waals surface area contributed by atoms with Gasteiger partial charge in [0.15, 0.2) is 0 Å². The smallest absolute Gasteiger partial charge is 0.466 e. The summed E-state index contributed by atoms with van der Waals surface area (Å²) in [5.41, 5.74) is 0.904. The number of unbranched alkanes of at least 4 members (excludes halogenated alkanes) is 2. The van der Waals surface area contributed by atoms with Gasteiger partial charge in [0.25, 0.3) is 0 Å². The van der Waals surface area contributed by atoms with E-state index < -0.39 is 24.2 Å². The zero-order valence-electron chi connectivity index (χ0n) is 28.6. The van der Waals surface area contributed by atoms with Gasteiger partial charge in [0.2, 0.25) is 0 Å².